The molecule has 0 aliphatic rings. The Kier molecular flexibility index (Phi) is 4.71. The van der Waals surface area contributed by atoms with Crippen molar-refractivity contribution in [2.24, 2.45) is 0 Å². The molecule has 7 nitrogen and oxygen atoms in total. The number of aromatic nitrogens is 2. The third-order valence-electron chi connectivity index (χ3n) is 4.24. The van der Waals surface area contributed by atoms with Crippen LogP contribution in [0.5, 0.6) is 0 Å². The molecule has 0 fully saturated rings. The van der Waals surface area contributed by atoms with Gasteiger partial charge in [0.05, 0.1) is 22.0 Å². The van der Waals surface area contributed by atoms with Crippen LogP contribution in [0.25, 0.3) is 11.0 Å². The molecule has 2 aromatic carbocycles. The van der Waals surface area contributed by atoms with Gasteiger partial charge in [-0.05, 0) is 35.2 Å². The minimum Gasteiger partial charge on any atom is -0.316 e. The zero-order chi connectivity index (χ0) is 19.7. The molecule has 0 bridgehead atoms. The van der Waals surface area contributed by atoms with Crippen molar-refractivity contribution in [3.63, 3.8) is 0 Å². The smallest absolute Gasteiger partial charge is 0.314 e. The highest BCUT2D eigenvalue weighted by molar-refractivity contribution is 7.89. The SMILES string of the molecule is O=c1[nH]c2ccc(S(=O)(=O)NC(c3ccccc3)c3cccs3)cc2[nH]c1=O. The quantitative estimate of drug-likeness (QED) is 0.436. The standard InChI is InChI=1S/C19H15N3O4S2/c23-18-19(24)21-15-11-13(8-9-14(15)20-18)28(25,26)22-17(16-7-4-10-27-16)12-5-2-1-3-6-12/h1-11,17,22H,(H,20,23)(H,21,24). The summed E-state index contributed by atoms with van der Waals surface area (Å²) in [5.41, 5.74) is -0.229. The van der Waals surface area contributed by atoms with Gasteiger partial charge in [-0.25, -0.2) is 8.42 Å². The minimum absolute atomic E-state index is 0.0137. The number of thiophene rings is 1. The van der Waals surface area contributed by atoms with E-state index >= 15 is 0 Å². The Bertz CT molecular complexity index is 1340. The average Bonchev–Trinajstić information content (AvgIpc) is 3.22. The zero-order valence-electron chi connectivity index (χ0n) is 14.4. The van der Waals surface area contributed by atoms with E-state index in [9.17, 15) is 18.0 Å². The number of nitrogens with one attached hydrogen (secondary N) is 3. The number of hydrogen-bond donors (Lipinski definition) is 3. The summed E-state index contributed by atoms with van der Waals surface area (Å²) >= 11 is 1.45. The number of fused-ring (bicyclic) bond motifs is 1. The molecule has 0 aliphatic heterocycles. The summed E-state index contributed by atoms with van der Waals surface area (Å²) in [6.07, 6.45) is 0. The van der Waals surface area contributed by atoms with Crippen LogP contribution < -0.4 is 15.8 Å². The molecule has 2 heterocycles. The summed E-state index contributed by atoms with van der Waals surface area (Å²) in [7, 11) is -3.91. The maximum absolute atomic E-state index is 13.0. The summed E-state index contributed by atoms with van der Waals surface area (Å²) in [5.74, 6) is 0. The van der Waals surface area contributed by atoms with E-state index in [1.165, 1.54) is 29.5 Å². The van der Waals surface area contributed by atoms with Gasteiger partial charge >= 0.3 is 11.1 Å². The molecule has 0 saturated carbocycles. The van der Waals surface area contributed by atoms with Crippen molar-refractivity contribution >= 4 is 32.4 Å². The molecule has 2 aromatic heterocycles. The molecule has 4 aromatic rings. The van der Waals surface area contributed by atoms with E-state index in [0.717, 1.165) is 10.4 Å². The third-order valence-corrected chi connectivity index (χ3v) is 6.60. The van der Waals surface area contributed by atoms with Crippen LogP contribution in [-0.2, 0) is 10.0 Å². The van der Waals surface area contributed by atoms with Crippen LogP contribution in [0.3, 0.4) is 0 Å². The molecule has 1 unspecified atom stereocenters. The Morgan fingerprint density at radius 2 is 1.57 bits per heavy atom. The molecular weight excluding hydrogens is 398 g/mol. The van der Waals surface area contributed by atoms with Gasteiger partial charge in [-0.2, -0.15) is 4.72 Å². The molecule has 0 saturated heterocycles. The lowest BCUT2D eigenvalue weighted by atomic mass is 10.1. The van der Waals surface area contributed by atoms with Gasteiger partial charge in [0, 0.05) is 4.88 Å². The highest BCUT2D eigenvalue weighted by Crippen LogP contribution is 2.28. The zero-order valence-corrected chi connectivity index (χ0v) is 16.0. The third kappa shape index (κ3) is 3.55. The topological polar surface area (TPSA) is 112 Å². The fourth-order valence-electron chi connectivity index (χ4n) is 2.88. The Morgan fingerprint density at radius 3 is 2.25 bits per heavy atom. The molecular formula is C19H15N3O4S2. The maximum atomic E-state index is 13.0. The van der Waals surface area contributed by atoms with Crippen molar-refractivity contribution in [2.75, 3.05) is 0 Å². The molecule has 28 heavy (non-hydrogen) atoms. The van der Waals surface area contributed by atoms with Crippen LogP contribution in [0.1, 0.15) is 16.5 Å². The van der Waals surface area contributed by atoms with Gasteiger partial charge in [0.15, 0.2) is 0 Å². The van der Waals surface area contributed by atoms with E-state index in [4.69, 9.17) is 0 Å². The lowest BCUT2D eigenvalue weighted by Crippen LogP contribution is -2.30. The van der Waals surface area contributed by atoms with Crippen molar-refractivity contribution in [3.05, 3.63) is 97.2 Å². The molecule has 0 spiro atoms. The number of aromatic amines is 2. The summed E-state index contributed by atoms with van der Waals surface area (Å²) < 4.78 is 28.8. The van der Waals surface area contributed by atoms with Gasteiger partial charge in [-0.15, -0.1) is 11.3 Å². The molecule has 0 aliphatic carbocycles. The second-order valence-corrected chi connectivity index (χ2v) is 8.79. The first-order valence-electron chi connectivity index (χ1n) is 8.31. The average molecular weight is 413 g/mol. The molecule has 0 amide bonds. The van der Waals surface area contributed by atoms with E-state index in [1.807, 2.05) is 47.8 Å². The fraction of sp³-hybridized carbons (Fsp3) is 0.0526. The van der Waals surface area contributed by atoms with Crippen molar-refractivity contribution in [1.29, 1.82) is 0 Å². The van der Waals surface area contributed by atoms with Gasteiger partial charge < -0.3 is 9.97 Å². The summed E-state index contributed by atoms with van der Waals surface area (Å²) in [6.45, 7) is 0. The monoisotopic (exact) mass is 413 g/mol. The van der Waals surface area contributed by atoms with Gasteiger partial charge in [0.25, 0.3) is 0 Å². The maximum Gasteiger partial charge on any atom is 0.314 e. The minimum atomic E-state index is -3.91. The van der Waals surface area contributed by atoms with E-state index in [0.29, 0.717) is 5.52 Å². The van der Waals surface area contributed by atoms with E-state index in [1.54, 1.807) is 0 Å². The molecule has 1 atom stereocenters. The van der Waals surface area contributed by atoms with Gasteiger partial charge in [-0.1, -0.05) is 36.4 Å². The number of rotatable bonds is 5. The van der Waals surface area contributed by atoms with Crippen LogP contribution in [0.15, 0.2) is 80.5 Å². The van der Waals surface area contributed by atoms with Crippen molar-refractivity contribution in [3.8, 4) is 0 Å². The Hall–Kier alpha value is -3.01. The largest absolute Gasteiger partial charge is 0.316 e. The second kappa shape index (κ2) is 7.19. The number of H-pyrrole nitrogens is 2. The van der Waals surface area contributed by atoms with Crippen LogP contribution in [0.4, 0.5) is 0 Å². The first-order chi connectivity index (χ1) is 13.4. The molecule has 3 N–H and O–H groups in total. The Labute approximate surface area is 163 Å². The van der Waals surface area contributed by atoms with E-state index < -0.39 is 27.2 Å². The first-order valence-corrected chi connectivity index (χ1v) is 10.7. The van der Waals surface area contributed by atoms with Crippen LogP contribution in [-0.4, -0.2) is 18.4 Å². The Morgan fingerprint density at radius 1 is 0.857 bits per heavy atom. The number of benzene rings is 2. The highest BCUT2D eigenvalue weighted by atomic mass is 32.2. The predicted molar refractivity (Wildman–Crippen MR) is 108 cm³/mol. The lowest BCUT2D eigenvalue weighted by molar-refractivity contribution is 0.573. The predicted octanol–water partition coefficient (Wildman–Crippen LogP) is 2.35. The van der Waals surface area contributed by atoms with Gasteiger partial charge in [0.2, 0.25) is 10.0 Å². The first kappa shape index (κ1) is 18.4. The molecule has 0 radical (unpaired) electrons. The number of sulfonamides is 1. The lowest BCUT2D eigenvalue weighted by Gasteiger charge is -2.18. The summed E-state index contributed by atoms with van der Waals surface area (Å²) in [5, 5.41) is 1.89. The highest BCUT2D eigenvalue weighted by Gasteiger charge is 2.24. The van der Waals surface area contributed by atoms with Crippen molar-refractivity contribution in [1.82, 2.24) is 14.7 Å². The van der Waals surface area contributed by atoms with Crippen LogP contribution >= 0.6 is 11.3 Å². The fourth-order valence-corrected chi connectivity index (χ4v) is 4.98. The van der Waals surface area contributed by atoms with Crippen molar-refractivity contribution < 1.29 is 8.42 Å². The van der Waals surface area contributed by atoms with Gasteiger partial charge in [0.1, 0.15) is 0 Å². The Balaban J connectivity index is 1.76. The molecule has 9 heteroatoms. The van der Waals surface area contributed by atoms with Gasteiger partial charge in [-0.3, -0.25) is 9.59 Å². The molecule has 142 valence electrons. The molecule has 4 rings (SSSR count). The second-order valence-electron chi connectivity index (χ2n) is 6.10. The van der Waals surface area contributed by atoms with Crippen LogP contribution in [0.2, 0.25) is 0 Å². The van der Waals surface area contributed by atoms with Crippen molar-refractivity contribution in [2.45, 2.75) is 10.9 Å². The summed E-state index contributed by atoms with van der Waals surface area (Å²) in [6, 6.07) is 16.6. The summed E-state index contributed by atoms with van der Waals surface area (Å²) in [4.78, 5) is 28.6. The van der Waals surface area contributed by atoms with E-state index in [-0.39, 0.29) is 10.4 Å². The normalized spacial score (nSPS) is 12.9. The van der Waals surface area contributed by atoms with Crippen LogP contribution in [0, 0.1) is 0 Å². The number of hydrogen-bond acceptors (Lipinski definition) is 5. The van der Waals surface area contributed by atoms with E-state index in [2.05, 4.69) is 14.7 Å².